The fourth-order valence-corrected chi connectivity index (χ4v) is 2.06. The predicted molar refractivity (Wildman–Crippen MR) is 80.3 cm³/mol. The maximum atomic E-state index is 12.1. The van der Waals surface area contributed by atoms with E-state index in [-0.39, 0.29) is 12.7 Å². The number of nitrogens with zero attached hydrogens (tertiary/aromatic N) is 3. The van der Waals surface area contributed by atoms with Gasteiger partial charge in [0.25, 0.3) is 0 Å². The molecule has 1 aromatic heterocycles. The summed E-state index contributed by atoms with van der Waals surface area (Å²) in [5, 5.41) is 7.24. The van der Waals surface area contributed by atoms with Gasteiger partial charge in [-0.15, -0.1) is 0 Å². The molecule has 2 aromatic rings. The Morgan fingerprint density at radius 2 is 2.33 bits per heavy atom. The molecule has 0 fully saturated rings. The molecule has 1 aliphatic rings. The first-order valence-electron chi connectivity index (χ1n) is 6.18. The van der Waals surface area contributed by atoms with E-state index in [1.165, 1.54) is 11.2 Å². The zero-order valence-electron chi connectivity index (χ0n) is 10.9. The molecule has 7 heteroatoms. The summed E-state index contributed by atoms with van der Waals surface area (Å²) in [5.41, 5.74) is 1.76. The van der Waals surface area contributed by atoms with Crippen LogP contribution < -0.4 is 5.32 Å². The SMILES string of the molecule is O=C(Nc1conc1-c1cccc(Cl)c1)N1C=CC=NC1. The third-order valence-electron chi connectivity index (χ3n) is 2.86. The molecule has 0 saturated heterocycles. The van der Waals surface area contributed by atoms with E-state index in [4.69, 9.17) is 16.1 Å². The summed E-state index contributed by atoms with van der Waals surface area (Å²) >= 11 is 5.96. The summed E-state index contributed by atoms with van der Waals surface area (Å²) in [7, 11) is 0. The van der Waals surface area contributed by atoms with Gasteiger partial charge >= 0.3 is 6.03 Å². The average molecular weight is 303 g/mol. The van der Waals surface area contributed by atoms with Crippen LogP contribution in [0, 0.1) is 0 Å². The minimum absolute atomic E-state index is 0.278. The van der Waals surface area contributed by atoms with Crippen LogP contribution >= 0.6 is 11.6 Å². The highest BCUT2D eigenvalue weighted by Crippen LogP contribution is 2.28. The third-order valence-corrected chi connectivity index (χ3v) is 3.10. The summed E-state index contributed by atoms with van der Waals surface area (Å²) in [6.07, 6.45) is 6.36. The van der Waals surface area contributed by atoms with Gasteiger partial charge in [0.2, 0.25) is 0 Å². The number of halogens is 1. The molecule has 0 radical (unpaired) electrons. The number of anilines is 1. The topological polar surface area (TPSA) is 70.7 Å². The summed E-state index contributed by atoms with van der Waals surface area (Å²) in [4.78, 5) is 17.5. The van der Waals surface area contributed by atoms with Crippen LogP contribution in [-0.4, -0.2) is 29.0 Å². The van der Waals surface area contributed by atoms with E-state index in [0.717, 1.165) is 5.56 Å². The molecule has 0 spiro atoms. The van der Waals surface area contributed by atoms with Crippen molar-refractivity contribution < 1.29 is 9.32 Å². The van der Waals surface area contributed by atoms with Gasteiger partial charge in [-0.05, 0) is 18.2 Å². The van der Waals surface area contributed by atoms with Gasteiger partial charge in [-0.2, -0.15) is 0 Å². The van der Waals surface area contributed by atoms with Crippen LogP contribution in [0.1, 0.15) is 0 Å². The number of allylic oxidation sites excluding steroid dienone is 1. The molecule has 1 N–H and O–H groups in total. The van der Waals surface area contributed by atoms with Crippen LogP contribution in [0.3, 0.4) is 0 Å². The standard InChI is InChI=1S/C14H11ClN4O2/c15-11-4-1-3-10(7-11)13-12(8-21-18-13)17-14(20)19-6-2-5-16-9-19/h1-8H,9H2,(H,17,20). The van der Waals surface area contributed by atoms with Gasteiger partial charge < -0.3 is 9.84 Å². The zero-order chi connectivity index (χ0) is 14.7. The molecule has 0 bridgehead atoms. The van der Waals surface area contributed by atoms with Gasteiger partial charge in [-0.1, -0.05) is 28.9 Å². The van der Waals surface area contributed by atoms with Crippen LogP contribution in [0.25, 0.3) is 11.3 Å². The number of aliphatic imine (C=N–C) groups is 1. The molecule has 0 saturated carbocycles. The number of benzene rings is 1. The quantitative estimate of drug-likeness (QED) is 0.924. The first-order valence-corrected chi connectivity index (χ1v) is 6.56. The van der Waals surface area contributed by atoms with Gasteiger partial charge in [0.05, 0.1) is 0 Å². The third kappa shape index (κ3) is 2.95. The summed E-state index contributed by atoms with van der Waals surface area (Å²) < 4.78 is 4.95. The van der Waals surface area contributed by atoms with E-state index in [2.05, 4.69) is 15.5 Å². The second-order valence-electron chi connectivity index (χ2n) is 4.30. The Bertz CT molecular complexity index is 723. The maximum Gasteiger partial charge on any atom is 0.327 e. The summed E-state index contributed by atoms with van der Waals surface area (Å²) in [6.45, 7) is 0.278. The average Bonchev–Trinajstić information content (AvgIpc) is 2.96. The Morgan fingerprint density at radius 3 is 3.10 bits per heavy atom. The first-order chi connectivity index (χ1) is 10.2. The smallest absolute Gasteiger partial charge is 0.327 e. The lowest BCUT2D eigenvalue weighted by molar-refractivity contribution is 0.229. The minimum atomic E-state index is -0.311. The zero-order valence-corrected chi connectivity index (χ0v) is 11.6. The Morgan fingerprint density at radius 1 is 1.43 bits per heavy atom. The van der Waals surface area contributed by atoms with Crippen molar-refractivity contribution in [2.75, 3.05) is 12.0 Å². The van der Waals surface area contributed by atoms with Crippen molar-refractivity contribution in [3.63, 3.8) is 0 Å². The highest BCUT2D eigenvalue weighted by Gasteiger charge is 2.17. The van der Waals surface area contributed by atoms with Gasteiger partial charge in [0.1, 0.15) is 24.3 Å². The molecule has 21 heavy (non-hydrogen) atoms. The Balaban J connectivity index is 1.81. The Kier molecular flexibility index (Phi) is 3.70. The molecule has 106 valence electrons. The maximum absolute atomic E-state index is 12.1. The van der Waals surface area contributed by atoms with Crippen LogP contribution in [0.5, 0.6) is 0 Å². The van der Waals surface area contributed by atoms with Crippen LogP contribution in [0.2, 0.25) is 5.02 Å². The van der Waals surface area contributed by atoms with Crippen LogP contribution in [-0.2, 0) is 0 Å². The van der Waals surface area contributed by atoms with E-state index in [1.54, 1.807) is 36.7 Å². The first kappa shape index (κ1) is 13.4. The molecule has 2 amide bonds. The monoisotopic (exact) mass is 302 g/mol. The number of carbonyl (C=O) groups excluding carboxylic acids is 1. The van der Waals surface area contributed by atoms with Crippen molar-refractivity contribution in [3.05, 3.63) is 47.8 Å². The highest BCUT2D eigenvalue weighted by atomic mass is 35.5. The van der Waals surface area contributed by atoms with Gasteiger partial charge in [-0.3, -0.25) is 9.89 Å². The Labute approximate surface area is 125 Å². The molecule has 0 atom stereocenters. The van der Waals surface area contributed by atoms with Gasteiger partial charge in [0.15, 0.2) is 0 Å². The van der Waals surface area contributed by atoms with Gasteiger partial charge in [-0.25, -0.2) is 4.79 Å². The number of urea groups is 1. The summed E-state index contributed by atoms with van der Waals surface area (Å²) in [5.74, 6) is 0. The minimum Gasteiger partial charge on any atom is -0.362 e. The molecular weight excluding hydrogens is 292 g/mol. The molecule has 0 unspecified atom stereocenters. The number of amides is 2. The van der Waals surface area contributed by atoms with Crippen molar-refractivity contribution in [2.45, 2.75) is 0 Å². The summed E-state index contributed by atoms with van der Waals surface area (Å²) in [6, 6.07) is 6.85. The van der Waals surface area contributed by atoms with E-state index < -0.39 is 0 Å². The number of rotatable bonds is 2. The van der Waals surface area contributed by atoms with Crippen molar-refractivity contribution >= 4 is 29.5 Å². The molecular formula is C14H11ClN4O2. The van der Waals surface area contributed by atoms with E-state index in [1.807, 2.05) is 6.07 Å². The van der Waals surface area contributed by atoms with Crippen molar-refractivity contribution in [1.29, 1.82) is 0 Å². The molecule has 6 nitrogen and oxygen atoms in total. The van der Waals surface area contributed by atoms with E-state index >= 15 is 0 Å². The lowest BCUT2D eigenvalue weighted by Gasteiger charge is -2.17. The van der Waals surface area contributed by atoms with Crippen molar-refractivity contribution in [2.24, 2.45) is 4.99 Å². The van der Waals surface area contributed by atoms with E-state index in [9.17, 15) is 4.79 Å². The molecule has 2 heterocycles. The van der Waals surface area contributed by atoms with E-state index in [0.29, 0.717) is 16.4 Å². The number of carbonyl (C=O) groups is 1. The number of hydrogen-bond donors (Lipinski definition) is 1. The largest absolute Gasteiger partial charge is 0.362 e. The van der Waals surface area contributed by atoms with Crippen molar-refractivity contribution in [3.8, 4) is 11.3 Å². The second-order valence-corrected chi connectivity index (χ2v) is 4.74. The molecule has 3 rings (SSSR count). The molecule has 0 aliphatic carbocycles. The lowest BCUT2D eigenvalue weighted by Crippen LogP contribution is -2.31. The predicted octanol–water partition coefficient (Wildman–Crippen LogP) is 3.38. The van der Waals surface area contributed by atoms with Gasteiger partial charge in [0, 0.05) is 23.0 Å². The Hall–Kier alpha value is -2.60. The fourth-order valence-electron chi connectivity index (χ4n) is 1.87. The highest BCUT2D eigenvalue weighted by molar-refractivity contribution is 6.30. The lowest BCUT2D eigenvalue weighted by atomic mass is 10.1. The molecule has 1 aromatic carbocycles. The number of nitrogens with one attached hydrogen (secondary N) is 1. The second kappa shape index (κ2) is 5.80. The number of aromatic nitrogens is 1. The normalized spacial score (nSPS) is 13.5. The van der Waals surface area contributed by atoms with Crippen LogP contribution in [0.15, 0.2) is 52.3 Å². The number of hydrogen-bond acceptors (Lipinski definition) is 4. The molecule has 1 aliphatic heterocycles. The fraction of sp³-hybridized carbons (Fsp3) is 0.0714. The van der Waals surface area contributed by atoms with Crippen LogP contribution in [0.4, 0.5) is 10.5 Å². The van der Waals surface area contributed by atoms with Crippen molar-refractivity contribution in [1.82, 2.24) is 10.1 Å².